The maximum atomic E-state index is 5.95. The van der Waals surface area contributed by atoms with E-state index in [4.69, 9.17) is 4.74 Å². The Hall–Kier alpha value is -1.18. The molecule has 0 bridgehead atoms. The zero-order valence-corrected chi connectivity index (χ0v) is 11.8. The Morgan fingerprint density at radius 3 is 2.35 bits per heavy atom. The smallest absolute Gasteiger partial charge is 0.143 e. The van der Waals surface area contributed by atoms with Crippen LogP contribution in [0, 0.1) is 13.8 Å². The maximum Gasteiger partial charge on any atom is 0.143 e. The molecule has 1 aliphatic rings. The van der Waals surface area contributed by atoms with E-state index in [2.05, 4.69) is 58.6 Å². The lowest BCUT2D eigenvalue weighted by Crippen LogP contribution is -2.49. The Bertz CT molecular complexity index is 431. The zero-order chi connectivity index (χ0) is 12.8. The summed E-state index contributed by atoms with van der Waals surface area (Å²) in [5.41, 5.74) is 4.00. The molecule has 17 heavy (non-hydrogen) atoms. The van der Waals surface area contributed by atoms with Crippen molar-refractivity contribution in [3.8, 4) is 5.75 Å². The van der Waals surface area contributed by atoms with Gasteiger partial charge in [0.15, 0.2) is 0 Å². The summed E-state index contributed by atoms with van der Waals surface area (Å²) in [5.74, 6) is 1.03. The lowest BCUT2D eigenvalue weighted by atomic mass is 9.99. The fourth-order valence-corrected chi connectivity index (χ4v) is 2.32. The molecule has 0 saturated carbocycles. The van der Waals surface area contributed by atoms with E-state index in [1.807, 2.05) is 0 Å². The molecule has 2 nitrogen and oxygen atoms in total. The van der Waals surface area contributed by atoms with Crippen molar-refractivity contribution in [1.29, 1.82) is 0 Å². The SMILES string of the molecule is Cc1cc2c(cc1C)N(C(C)(C)C)CC(C)O2. The third kappa shape index (κ3) is 2.26. The highest BCUT2D eigenvalue weighted by molar-refractivity contribution is 5.64. The van der Waals surface area contributed by atoms with Gasteiger partial charge in [0.25, 0.3) is 0 Å². The highest BCUT2D eigenvalue weighted by Crippen LogP contribution is 2.39. The predicted octanol–water partition coefficient (Wildman–Crippen LogP) is 3.69. The monoisotopic (exact) mass is 233 g/mol. The second-order valence-corrected chi connectivity index (χ2v) is 6.11. The van der Waals surface area contributed by atoms with Gasteiger partial charge in [0.2, 0.25) is 0 Å². The zero-order valence-electron chi connectivity index (χ0n) is 11.8. The summed E-state index contributed by atoms with van der Waals surface area (Å²) in [6.07, 6.45) is 0.254. The number of hydrogen-bond acceptors (Lipinski definition) is 2. The van der Waals surface area contributed by atoms with Crippen molar-refractivity contribution in [2.45, 2.75) is 53.2 Å². The first-order valence-electron chi connectivity index (χ1n) is 6.34. The predicted molar refractivity (Wildman–Crippen MR) is 73.1 cm³/mol. The maximum absolute atomic E-state index is 5.95. The minimum Gasteiger partial charge on any atom is -0.487 e. The van der Waals surface area contributed by atoms with Crippen LogP contribution in [0.1, 0.15) is 38.8 Å². The van der Waals surface area contributed by atoms with Crippen LogP contribution in [0.2, 0.25) is 0 Å². The molecule has 1 unspecified atom stereocenters. The molecule has 2 rings (SSSR count). The molecule has 0 spiro atoms. The number of nitrogens with zero attached hydrogens (tertiary/aromatic N) is 1. The summed E-state index contributed by atoms with van der Waals surface area (Å²) in [4.78, 5) is 2.45. The first-order valence-corrected chi connectivity index (χ1v) is 6.34. The van der Waals surface area contributed by atoms with Crippen LogP contribution in [0.4, 0.5) is 5.69 Å². The lowest BCUT2D eigenvalue weighted by Gasteiger charge is -2.43. The van der Waals surface area contributed by atoms with Crippen LogP contribution in [0.3, 0.4) is 0 Å². The number of fused-ring (bicyclic) bond motifs is 1. The van der Waals surface area contributed by atoms with Crippen molar-refractivity contribution in [3.05, 3.63) is 23.3 Å². The molecule has 0 aliphatic carbocycles. The van der Waals surface area contributed by atoms with Gasteiger partial charge in [0.1, 0.15) is 11.9 Å². The Morgan fingerprint density at radius 1 is 1.18 bits per heavy atom. The summed E-state index contributed by atoms with van der Waals surface area (Å²) in [6.45, 7) is 14.2. The average molecular weight is 233 g/mol. The largest absolute Gasteiger partial charge is 0.487 e. The van der Waals surface area contributed by atoms with E-state index >= 15 is 0 Å². The van der Waals surface area contributed by atoms with Crippen LogP contribution >= 0.6 is 0 Å². The van der Waals surface area contributed by atoms with E-state index in [1.165, 1.54) is 16.8 Å². The minimum atomic E-state index is 0.133. The van der Waals surface area contributed by atoms with Gasteiger partial charge in [0.05, 0.1) is 12.2 Å². The van der Waals surface area contributed by atoms with E-state index in [0.29, 0.717) is 0 Å². The highest BCUT2D eigenvalue weighted by Gasteiger charge is 2.30. The van der Waals surface area contributed by atoms with Gasteiger partial charge in [-0.25, -0.2) is 0 Å². The first-order chi connectivity index (χ1) is 7.79. The molecule has 1 aromatic rings. The normalized spacial score (nSPS) is 19.9. The Morgan fingerprint density at radius 2 is 1.76 bits per heavy atom. The third-order valence-corrected chi connectivity index (χ3v) is 3.44. The van der Waals surface area contributed by atoms with Crippen molar-refractivity contribution in [2.75, 3.05) is 11.4 Å². The van der Waals surface area contributed by atoms with Crippen LogP contribution in [0.5, 0.6) is 5.75 Å². The molecule has 0 fully saturated rings. The quantitative estimate of drug-likeness (QED) is 0.677. The molecule has 0 amide bonds. The van der Waals surface area contributed by atoms with Gasteiger partial charge < -0.3 is 9.64 Å². The molecule has 1 atom stereocenters. The van der Waals surface area contributed by atoms with Crippen molar-refractivity contribution in [3.63, 3.8) is 0 Å². The van der Waals surface area contributed by atoms with Crippen LogP contribution < -0.4 is 9.64 Å². The molecule has 0 radical (unpaired) electrons. The third-order valence-electron chi connectivity index (χ3n) is 3.44. The number of anilines is 1. The van der Waals surface area contributed by atoms with Crippen molar-refractivity contribution >= 4 is 5.69 Å². The molecule has 2 heteroatoms. The molecule has 1 heterocycles. The Labute approximate surface area is 105 Å². The van der Waals surface area contributed by atoms with Crippen molar-refractivity contribution < 1.29 is 4.74 Å². The van der Waals surface area contributed by atoms with E-state index in [9.17, 15) is 0 Å². The number of ether oxygens (including phenoxy) is 1. The van der Waals surface area contributed by atoms with Crippen LogP contribution in [0.25, 0.3) is 0 Å². The summed E-state index contributed by atoms with van der Waals surface area (Å²) < 4.78 is 5.95. The molecule has 0 N–H and O–H groups in total. The average Bonchev–Trinajstić information content (AvgIpc) is 2.18. The standard InChI is InChI=1S/C15H23NO/c1-10-7-13-14(8-11(10)2)17-12(3)9-16(13)15(4,5)6/h7-8,12H,9H2,1-6H3. The lowest BCUT2D eigenvalue weighted by molar-refractivity contribution is 0.201. The van der Waals surface area contributed by atoms with E-state index in [-0.39, 0.29) is 11.6 Å². The van der Waals surface area contributed by atoms with E-state index < -0.39 is 0 Å². The van der Waals surface area contributed by atoms with Gasteiger partial charge in [-0.2, -0.15) is 0 Å². The minimum absolute atomic E-state index is 0.133. The summed E-state index contributed by atoms with van der Waals surface area (Å²) in [7, 11) is 0. The van der Waals surface area contributed by atoms with Gasteiger partial charge in [-0.05, 0) is 64.8 Å². The molecular formula is C15H23NO. The van der Waals surface area contributed by atoms with Crippen molar-refractivity contribution in [1.82, 2.24) is 0 Å². The molecule has 1 aromatic carbocycles. The van der Waals surface area contributed by atoms with E-state index in [0.717, 1.165) is 12.3 Å². The molecular weight excluding hydrogens is 210 g/mol. The number of rotatable bonds is 0. The molecule has 94 valence electrons. The van der Waals surface area contributed by atoms with Crippen molar-refractivity contribution in [2.24, 2.45) is 0 Å². The fraction of sp³-hybridized carbons (Fsp3) is 0.600. The van der Waals surface area contributed by atoms with Gasteiger partial charge in [-0.1, -0.05) is 0 Å². The second kappa shape index (κ2) is 3.94. The number of hydrogen-bond donors (Lipinski definition) is 0. The van der Waals surface area contributed by atoms with Gasteiger partial charge in [0, 0.05) is 5.54 Å². The topological polar surface area (TPSA) is 12.5 Å². The Balaban J connectivity index is 2.53. The molecule has 1 aliphatic heterocycles. The van der Waals surface area contributed by atoms with Crippen LogP contribution in [-0.4, -0.2) is 18.2 Å². The first kappa shape index (κ1) is 12.3. The van der Waals surface area contributed by atoms with E-state index in [1.54, 1.807) is 0 Å². The summed E-state index contributed by atoms with van der Waals surface area (Å²) in [6, 6.07) is 4.42. The highest BCUT2D eigenvalue weighted by atomic mass is 16.5. The summed E-state index contributed by atoms with van der Waals surface area (Å²) >= 11 is 0. The van der Waals surface area contributed by atoms with Gasteiger partial charge in [-0.3, -0.25) is 0 Å². The molecule has 0 saturated heterocycles. The fourth-order valence-electron chi connectivity index (χ4n) is 2.32. The van der Waals surface area contributed by atoms with Crippen LogP contribution in [-0.2, 0) is 0 Å². The van der Waals surface area contributed by atoms with Gasteiger partial charge in [-0.15, -0.1) is 0 Å². The summed E-state index contributed by atoms with van der Waals surface area (Å²) in [5, 5.41) is 0. The van der Waals surface area contributed by atoms with Gasteiger partial charge >= 0.3 is 0 Å². The molecule has 0 aromatic heterocycles. The number of aryl methyl sites for hydroxylation is 2. The second-order valence-electron chi connectivity index (χ2n) is 6.11. The van der Waals surface area contributed by atoms with Crippen LogP contribution in [0.15, 0.2) is 12.1 Å². The number of benzene rings is 1. The Kier molecular flexibility index (Phi) is 2.84.